The largest absolute Gasteiger partial charge is 0.412 e. The van der Waals surface area contributed by atoms with Crippen molar-refractivity contribution in [3.63, 3.8) is 0 Å². The lowest BCUT2D eigenvalue weighted by Gasteiger charge is -1.80. The van der Waals surface area contributed by atoms with Crippen molar-refractivity contribution in [1.82, 2.24) is 5.32 Å². The van der Waals surface area contributed by atoms with Crippen molar-refractivity contribution < 1.29 is 10.3 Å². The molecule has 1 aliphatic heterocycles. The van der Waals surface area contributed by atoms with E-state index in [1.54, 1.807) is 0 Å². The van der Waals surface area contributed by atoms with Crippen LogP contribution in [0.1, 0.15) is 12.8 Å². The average Bonchev–Trinajstić information content (AvgIpc) is 1.86. The molecule has 0 spiro atoms. The SMILES string of the molecule is O.O=C1CCCN1. The van der Waals surface area contributed by atoms with Gasteiger partial charge in [0.05, 0.1) is 0 Å². The number of amides is 1. The molecule has 42 valence electrons. The molecule has 1 heterocycles. The van der Waals surface area contributed by atoms with Crippen molar-refractivity contribution in [1.29, 1.82) is 0 Å². The molecule has 1 saturated heterocycles. The van der Waals surface area contributed by atoms with Crippen LogP contribution in [0.15, 0.2) is 0 Å². The van der Waals surface area contributed by atoms with E-state index >= 15 is 0 Å². The number of hydrogen-bond donors (Lipinski definition) is 1. The summed E-state index contributed by atoms with van der Waals surface area (Å²) in [5.74, 6) is 0.204. The molecule has 0 unspecified atom stereocenters. The molecule has 3 heteroatoms. The molecule has 0 radical (unpaired) electrons. The van der Waals surface area contributed by atoms with Crippen LogP contribution in [0.4, 0.5) is 0 Å². The monoisotopic (exact) mass is 103 g/mol. The van der Waals surface area contributed by atoms with Gasteiger partial charge in [-0.25, -0.2) is 0 Å². The van der Waals surface area contributed by atoms with Crippen LogP contribution in [0.3, 0.4) is 0 Å². The highest BCUT2D eigenvalue weighted by Gasteiger charge is 2.05. The first-order valence-electron chi connectivity index (χ1n) is 2.16. The Morgan fingerprint density at radius 2 is 2.29 bits per heavy atom. The Labute approximate surface area is 42.0 Å². The summed E-state index contributed by atoms with van der Waals surface area (Å²) < 4.78 is 0. The summed E-state index contributed by atoms with van der Waals surface area (Å²) in [4.78, 5) is 10.1. The van der Waals surface area contributed by atoms with Crippen molar-refractivity contribution in [2.45, 2.75) is 12.8 Å². The maximum absolute atomic E-state index is 10.1. The van der Waals surface area contributed by atoms with E-state index < -0.39 is 0 Å². The lowest BCUT2D eigenvalue weighted by Crippen LogP contribution is -2.12. The molecule has 7 heavy (non-hydrogen) atoms. The normalized spacial score (nSPS) is 18.0. The van der Waals surface area contributed by atoms with Gasteiger partial charge in [0.25, 0.3) is 0 Å². The van der Waals surface area contributed by atoms with E-state index in [0.29, 0.717) is 0 Å². The van der Waals surface area contributed by atoms with Crippen molar-refractivity contribution in [3.05, 3.63) is 0 Å². The summed E-state index contributed by atoms with van der Waals surface area (Å²) in [5, 5.41) is 2.68. The Hall–Kier alpha value is -0.570. The number of nitrogens with one attached hydrogen (secondary N) is 1. The summed E-state index contributed by atoms with van der Waals surface area (Å²) in [7, 11) is 0. The predicted octanol–water partition coefficient (Wildman–Crippen LogP) is -0.928. The third-order valence-electron chi connectivity index (χ3n) is 0.903. The zero-order chi connectivity index (χ0) is 4.41. The minimum Gasteiger partial charge on any atom is -0.412 e. The molecular formula is C4H9NO2. The van der Waals surface area contributed by atoms with Gasteiger partial charge in [-0.2, -0.15) is 0 Å². The van der Waals surface area contributed by atoms with E-state index in [9.17, 15) is 4.79 Å². The van der Waals surface area contributed by atoms with Gasteiger partial charge >= 0.3 is 0 Å². The van der Waals surface area contributed by atoms with E-state index in [0.717, 1.165) is 19.4 Å². The summed E-state index contributed by atoms with van der Waals surface area (Å²) in [6.45, 7) is 0.888. The summed E-state index contributed by atoms with van der Waals surface area (Å²) in [6.07, 6.45) is 1.76. The van der Waals surface area contributed by atoms with Crippen LogP contribution in [0.5, 0.6) is 0 Å². The Morgan fingerprint density at radius 3 is 2.43 bits per heavy atom. The molecular weight excluding hydrogens is 94.0 g/mol. The van der Waals surface area contributed by atoms with Gasteiger partial charge in [0.15, 0.2) is 0 Å². The van der Waals surface area contributed by atoms with E-state index in [2.05, 4.69) is 5.32 Å². The third-order valence-corrected chi connectivity index (χ3v) is 0.903. The van der Waals surface area contributed by atoms with Crippen molar-refractivity contribution in [3.8, 4) is 0 Å². The highest BCUT2D eigenvalue weighted by Crippen LogP contribution is 1.93. The molecule has 0 atom stereocenters. The highest BCUT2D eigenvalue weighted by molar-refractivity contribution is 5.77. The van der Waals surface area contributed by atoms with Gasteiger partial charge in [0, 0.05) is 13.0 Å². The quantitative estimate of drug-likeness (QED) is 0.423. The Kier molecular flexibility index (Phi) is 2.37. The topological polar surface area (TPSA) is 60.6 Å². The predicted molar refractivity (Wildman–Crippen MR) is 25.9 cm³/mol. The first-order chi connectivity index (χ1) is 2.89. The fraction of sp³-hybridized carbons (Fsp3) is 0.750. The van der Waals surface area contributed by atoms with E-state index in [1.807, 2.05) is 0 Å². The maximum atomic E-state index is 10.1. The lowest BCUT2D eigenvalue weighted by molar-refractivity contribution is -0.119. The van der Waals surface area contributed by atoms with Crippen LogP contribution in [0.25, 0.3) is 0 Å². The minimum absolute atomic E-state index is 0. The number of carbonyl (C=O) groups is 1. The van der Waals surface area contributed by atoms with E-state index in [-0.39, 0.29) is 11.4 Å². The summed E-state index contributed by atoms with van der Waals surface area (Å²) in [6, 6.07) is 0. The number of hydrogen-bond acceptors (Lipinski definition) is 1. The standard InChI is InChI=1S/C4H7NO.H2O/c6-4-2-1-3-5-4;/h1-3H2,(H,5,6);1H2. The second-order valence-corrected chi connectivity index (χ2v) is 1.45. The zero-order valence-electron chi connectivity index (χ0n) is 4.03. The van der Waals surface area contributed by atoms with Crippen LogP contribution in [-0.4, -0.2) is 17.9 Å². The molecule has 0 aromatic heterocycles. The van der Waals surface area contributed by atoms with Crippen molar-refractivity contribution in [2.75, 3.05) is 6.54 Å². The maximum Gasteiger partial charge on any atom is 0.220 e. The first-order valence-corrected chi connectivity index (χ1v) is 2.16. The van der Waals surface area contributed by atoms with Gasteiger partial charge in [0.1, 0.15) is 0 Å². The molecule has 0 aliphatic carbocycles. The van der Waals surface area contributed by atoms with Gasteiger partial charge < -0.3 is 10.8 Å². The summed E-state index contributed by atoms with van der Waals surface area (Å²) in [5.41, 5.74) is 0. The molecule has 3 nitrogen and oxygen atoms in total. The Balaban J connectivity index is 0.000000360. The van der Waals surface area contributed by atoms with Crippen LogP contribution in [-0.2, 0) is 4.79 Å². The smallest absolute Gasteiger partial charge is 0.220 e. The van der Waals surface area contributed by atoms with E-state index in [1.165, 1.54) is 0 Å². The van der Waals surface area contributed by atoms with Gasteiger partial charge in [-0.1, -0.05) is 0 Å². The average molecular weight is 103 g/mol. The van der Waals surface area contributed by atoms with Crippen LogP contribution in [0.2, 0.25) is 0 Å². The second kappa shape index (κ2) is 2.58. The van der Waals surface area contributed by atoms with Crippen LogP contribution >= 0.6 is 0 Å². The fourth-order valence-electron chi connectivity index (χ4n) is 0.565. The summed E-state index contributed by atoms with van der Waals surface area (Å²) >= 11 is 0. The molecule has 1 rings (SSSR count). The molecule has 0 bridgehead atoms. The minimum atomic E-state index is 0. The fourth-order valence-corrected chi connectivity index (χ4v) is 0.565. The first kappa shape index (κ1) is 6.43. The molecule has 1 fully saturated rings. The van der Waals surface area contributed by atoms with Crippen molar-refractivity contribution >= 4 is 5.91 Å². The lowest BCUT2D eigenvalue weighted by atomic mass is 10.4. The molecule has 0 aromatic rings. The van der Waals surface area contributed by atoms with Crippen molar-refractivity contribution in [2.24, 2.45) is 0 Å². The second-order valence-electron chi connectivity index (χ2n) is 1.45. The molecule has 0 aromatic carbocycles. The Morgan fingerprint density at radius 1 is 1.57 bits per heavy atom. The number of rotatable bonds is 0. The third kappa shape index (κ3) is 1.55. The number of carbonyl (C=O) groups excluding carboxylic acids is 1. The van der Waals surface area contributed by atoms with Crippen LogP contribution < -0.4 is 5.32 Å². The molecule has 0 saturated carbocycles. The zero-order valence-corrected chi connectivity index (χ0v) is 4.03. The van der Waals surface area contributed by atoms with Gasteiger partial charge in [-0.15, -0.1) is 0 Å². The Bertz CT molecular complexity index is 64.1. The van der Waals surface area contributed by atoms with E-state index in [4.69, 9.17) is 0 Å². The molecule has 3 N–H and O–H groups in total. The van der Waals surface area contributed by atoms with Gasteiger partial charge in [-0.05, 0) is 6.42 Å². The highest BCUT2D eigenvalue weighted by atomic mass is 16.1. The van der Waals surface area contributed by atoms with Gasteiger partial charge in [0.2, 0.25) is 5.91 Å². The van der Waals surface area contributed by atoms with Crippen LogP contribution in [0, 0.1) is 0 Å². The molecule has 1 aliphatic rings. The van der Waals surface area contributed by atoms with Gasteiger partial charge in [-0.3, -0.25) is 4.79 Å². The molecule has 1 amide bonds.